The maximum atomic E-state index is 13.2. The number of carbonyl (C=O) groups is 1. The molecule has 0 bridgehead atoms. The van der Waals surface area contributed by atoms with Crippen molar-refractivity contribution in [1.29, 1.82) is 0 Å². The summed E-state index contributed by atoms with van der Waals surface area (Å²) < 4.78 is 40.3. The molecule has 1 atom stereocenters. The van der Waals surface area contributed by atoms with Gasteiger partial charge in [0.05, 0.1) is 17.4 Å². The summed E-state index contributed by atoms with van der Waals surface area (Å²) in [6, 6.07) is 14.7. The van der Waals surface area contributed by atoms with Gasteiger partial charge in [0.25, 0.3) is 0 Å². The zero-order valence-corrected chi connectivity index (χ0v) is 16.5. The van der Waals surface area contributed by atoms with Crippen LogP contribution in [-0.4, -0.2) is 31.0 Å². The molecule has 0 aliphatic rings. The van der Waals surface area contributed by atoms with Gasteiger partial charge < -0.3 is 4.90 Å². The Morgan fingerprint density at radius 1 is 1.07 bits per heavy atom. The fraction of sp³-hybridized carbons (Fsp3) is 0.350. The number of rotatable bonds is 8. The van der Waals surface area contributed by atoms with Crippen molar-refractivity contribution in [3.05, 3.63) is 66.0 Å². The number of hydrogen-bond acceptors (Lipinski definition) is 3. The molecule has 1 unspecified atom stereocenters. The third kappa shape index (κ3) is 6.36. The van der Waals surface area contributed by atoms with Crippen molar-refractivity contribution in [2.45, 2.75) is 33.4 Å². The van der Waals surface area contributed by atoms with Crippen molar-refractivity contribution < 1.29 is 17.6 Å². The van der Waals surface area contributed by atoms with Crippen molar-refractivity contribution >= 4 is 21.6 Å². The van der Waals surface area contributed by atoms with Gasteiger partial charge in [0, 0.05) is 12.6 Å². The van der Waals surface area contributed by atoms with Gasteiger partial charge in [-0.3, -0.25) is 9.52 Å². The topological polar surface area (TPSA) is 66.5 Å². The molecular formula is C20H25FN2O3S. The third-order valence-electron chi connectivity index (χ3n) is 4.09. The maximum Gasteiger partial charge on any atom is 0.233 e. The highest BCUT2D eigenvalue weighted by Gasteiger charge is 2.27. The van der Waals surface area contributed by atoms with Crippen LogP contribution in [0.5, 0.6) is 0 Å². The fourth-order valence-corrected chi connectivity index (χ4v) is 4.12. The van der Waals surface area contributed by atoms with E-state index in [1.54, 1.807) is 11.8 Å². The van der Waals surface area contributed by atoms with Crippen LogP contribution in [0.15, 0.2) is 54.6 Å². The second-order valence-corrected chi connectivity index (χ2v) is 8.61. The van der Waals surface area contributed by atoms with Crippen LogP contribution < -0.4 is 4.72 Å². The van der Waals surface area contributed by atoms with Gasteiger partial charge in [-0.05, 0) is 37.6 Å². The van der Waals surface area contributed by atoms with Crippen LogP contribution in [0.25, 0.3) is 0 Å². The van der Waals surface area contributed by atoms with E-state index in [-0.39, 0.29) is 23.4 Å². The van der Waals surface area contributed by atoms with Gasteiger partial charge >= 0.3 is 0 Å². The minimum absolute atomic E-state index is 0.0703. The summed E-state index contributed by atoms with van der Waals surface area (Å²) in [5.41, 5.74) is 1.12. The van der Waals surface area contributed by atoms with Crippen LogP contribution in [0.1, 0.15) is 26.3 Å². The molecule has 0 fully saturated rings. The molecule has 0 spiro atoms. The van der Waals surface area contributed by atoms with Crippen LogP contribution in [0.4, 0.5) is 10.1 Å². The summed E-state index contributed by atoms with van der Waals surface area (Å²) in [6.45, 7) is 5.80. The van der Waals surface area contributed by atoms with E-state index in [4.69, 9.17) is 0 Å². The molecule has 1 amide bonds. The Labute approximate surface area is 160 Å². The Morgan fingerprint density at radius 2 is 1.74 bits per heavy atom. The van der Waals surface area contributed by atoms with E-state index in [1.807, 2.05) is 44.2 Å². The molecule has 0 heterocycles. The number of amides is 1. The molecule has 146 valence electrons. The lowest BCUT2D eigenvalue weighted by Crippen LogP contribution is -2.42. The molecule has 27 heavy (non-hydrogen) atoms. The van der Waals surface area contributed by atoms with Crippen molar-refractivity contribution in [1.82, 2.24) is 4.90 Å². The Kier molecular flexibility index (Phi) is 6.96. The van der Waals surface area contributed by atoms with E-state index in [2.05, 4.69) is 4.72 Å². The second kappa shape index (κ2) is 8.99. The lowest BCUT2D eigenvalue weighted by atomic mass is 10.1. The first kappa shape index (κ1) is 20.9. The van der Waals surface area contributed by atoms with Gasteiger partial charge in [-0.2, -0.15) is 0 Å². The summed E-state index contributed by atoms with van der Waals surface area (Å²) in [4.78, 5) is 14.5. The molecule has 0 aliphatic carbocycles. The van der Waals surface area contributed by atoms with Crippen molar-refractivity contribution in [3.63, 3.8) is 0 Å². The van der Waals surface area contributed by atoms with Crippen molar-refractivity contribution in [2.24, 2.45) is 5.92 Å². The first-order chi connectivity index (χ1) is 12.7. The monoisotopic (exact) mass is 392 g/mol. The summed E-state index contributed by atoms with van der Waals surface area (Å²) >= 11 is 0. The van der Waals surface area contributed by atoms with E-state index in [1.165, 1.54) is 18.2 Å². The molecule has 0 saturated carbocycles. The highest BCUT2D eigenvalue weighted by atomic mass is 32.2. The molecule has 1 N–H and O–H groups in total. The normalized spacial score (nSPS) is 12.6. The number of nitrogens with one attached hydrogen (secondary N) is 1. The molecule has 0 saturated heterocycles. The van der Waals surface area contributed by atoms with Gasteiger partial charge in [0.15, 0.2) is 0 Å². The molecule has 7 heteroatoms. The molecule has 0 aromatic heterocycles. The van der Waals surface area contributed by atoms with Crippen LogP contribution in [0.2, 0.25) is 0 Å². The van der Waals surface area contributed by atoms with Gasteiger partial charge in [-0.25, -0.2) is 12.8 Å². The Morgan fingerprint density at radius 3 is 2.33 bits per heavy atom. The van der Waals surface area contributed by atoms with Crippen LogP contribution in [-0.2, 0) is 21.4 Å². The van der Waals surface area contributed by atoms with E-state index in [0.717, 1.165) is 11.6 Å². The van der Waals surface area contributed by atoms with E-state index in [0.29, 0.717) is 6.54 Å². The molecule has 2 aromatic rings. The van der Waals surface area contributed by atoms with Crippen LogP contribution in [0, 0.1) is 11.7 Å². The van der Waals surface area contributed by atoms with Gasteiger partial charge in [0.1, 0.15) is 5.82 Å². The summed E-state index contributed by atoms with van der Waals surface area (Å²) in [7, 11) is -3.79. The maximum absolute atomic E-state index is 13.2. The molecule has 0 aliphatic heterocycles. The number of benzene rings is 2. The number of halogens is 1. The smallest absolute Gasteiger partial charge is 0.233 e. The third-order valence-corrected chi connectivity index (χ3v) is 5.58. The largest absolute Gasteiger partial charge is 0.336 e. The number of sulfonamides is 1. The average Bonchev–Trinajstić information content (AvgIpc) is 2.58. The lowest BCUT2D eigenvalue weighted by Gasteiger charge is -2.29. The van der Waals surface area contributed by atoms with Crippen molar-refractivity contribution in [3.8, 4) is 0 Å². The first-order valence-corrected chi connectivity index (χ1v) is 10.4. The molecule has 2 aromatic carbocycles. The minimum atomic E-state index is -3.79. The average molecular weight is 392 g/mol. The summed E-state index contributed by atoms with van der Waals surface area (Å²) in [5, 5.41) is 0. The van der Waals surface area contributed by atoms with E-state index in [9.17, 15) is 17.6 Å². The Bertz CT molecular complexity index is 870. The zero-order valence-electron chi connectivity index (χ0n) is 15.7. The minimum Gasteiger partial charge on any atom is -0.336 e. The number of carbonyl (C=O) groups excluding carboxylic acids is 1. The molecule has 2 rings (SSSR count). The fourth-order valence-electron chi connectivity index (χ4n) is 2.75. The second-order valence-electron chi connectivity index (χ2n) is 6.84. The predicted molar refractivity (Wildman–Crippen MR) is 105 cm³/mol. The van der Waals surface area contributed by atoms with Crippen LogP contribution >= 0.6 is 0 Å². The van der Waals surface area contributed by atoms with E-state index < -0.39 is 21.8 Å². The SMILES string of the molecule is CC(CS(=O)(=O)Nc1cccc(F)c1)C(=O)N(Cc1ccccc1)C(C)C. The zero-order chi connectivity index (χ0) is 20.0. The first-order valence-electron chi connectivity index (χ1n) is 8.78. The van der Waals surface area contributed by atoms with Crippen molar-refractivity contribution in [2.75, 3.05) is 10.5 Å². The van der Waals surface area contributed by atoms with Gasteiger partial charge in [-0.1, -0.05) is 43.3 Å². The molecule has 5 nitrogen and oxygen atoms in total. The Hall–Kier alpha value is -2.41. The van der Waals surface area contributed by atoms with Gasteiger partial charge in [0.2, 0.25) is 15.9 Å². The molecular weight excluding hydrogens is 367 g/mol. The predicted octanol–water partition coefficient (Wildman–Crippen LogP) is 3.64. The van der Waals surface area contributed by atoms with Gasteiger partial charge in [-0.15, -0.1) is 0 Å². The number of nitrogens with zero attached hydrogens (tertiary/aromatic N) is 1. The highest BCUT2D eigenvalue weighted by Crippen LogP contribution is 2.16. The lowest BCUT2D eigenvalue weighted by molar-refractivity contribution is -0.136. The van der Waals surface area contributed by atoms with Crippen LogP contribution in [0.3, 0.4) is 0 Å². The Balaban J connectivity index is 2.07. The standard InChI is InChI=1S/C20H25FN2O3S/c1-15(2)23(13-17-8-5-4-6-9-17)20(24)16(3)14-27(25,26)22-19-11-7-10-18(21)12-19/h4-12,15-16,22H,13-14H2,1-3H3. The highest BCUT2D eigenvalue weighted by molar-refractivity contribution is 7.92. The quantitative estimate of drug-likeness (QED) is 0.746. The molecule has 0 radical (unpaired) electrons. The summed E-state index contributed by atoms with van der Waals surface area (Å²) in [6.07, 6.45) is 0. The summed E-state index contributed by atoms with van der Waals surface area (Å²) in [5.74, 6) is -1.88. The number of anilines is 1. The number of hydrogen-bond donors (Lipinski definition) is 1. The van der Waals surface area contributed by atoms with E-state index >= 15 is 0 Å².